The van der Waals surface area contributed by atoms with E-state index in [-0.39, 0.29) is 9.79 Å². The largest absolute Gasteiger partial charge is 0.271 e. The Balaban J connectivity index is 2.75. The summed E-state index contributed by atoms with van der Waals surface area (Å²) in [6.45, 7) is 0. The third kappa shape index (κ3) is 3.46. The minimum Gasteiger partial charge on any atom is -0.227 e. The summed E-state index contributed by atoms with van der Waals surface area (Å²) in [6, 6.07) is 13.3. The first kappa shape index (κ1) is 17.6. The Labute approximate surface area is 135 Å². The van der Waals surface area contributed by atoms with Gasteiger partial charge in [-0.3, -0.25) is 0 Å². The van der Waals surface area contributed by atoms with Crippen LogP contribution in [0.2, 0.25) is 0 Å². The van der Waals surface area contributed by atoms with Gasteiger partial charge in [-0.2, -0.15) is 0 Å². The van der Waals surface area contributed by atoms with Crippen LogP contribution in [0, 0.1) is 0 Å². The van der Waals surface area contributed by atoms with Crippen LogP contribution >= 0.6 is 0 Å². The minimum atomic E-state index is -4.64. The van der Waals surface area contributed by atoms with Crippen LogP contribution in [0.3, 0.4) is 0 Å². The number of hydrogen-bond acceptors (Lipinski definition) is 6. The van der Waals surface area contributed by atoms with Crippen molar-refractivity contribution < 1.29 is 25.3 Å². The Morgan fingerprint density at radius 2 is 0.913 bits per heavy atom. The van der Waals surface area contributed by atoms with Gasteiger partial charge in [0, 0.05) is 6.26 Å². The van der Waals surface area contributed by atoms with Gasteiger partial charge in [-0.1, -0.05) is 36.4 Å². The van der Waals surface area contributed by atoms with E-state index >= 15 is 0 Å². The Kier molecular flexibility index (Phi) is 4.65. The predicted octanol–water partition coefficient (Wildman–Crippen LogP) is 1.26. The maximum absolute atomic E-state index is 12.6. The standard InChI is InChI=1S/C14H14O6S3/c1-21(15,16)14(22(17,18)12-8-4-2-5-9-12)23(19,20)13-10-6-3-7-11-13/h2-11,14H,1H3. The summed E-state index contributed by atoms with van der Waals surface area (Å²) in [5.41, 5.74) is 0. The van der Waals surface area contributed by atoms with Gasteiger partial charge in [0.2, 0.25) is 19.7 Å². The summed E-state index contributed by atoms with van der Waals surface area (Å²) in [5.74, 6) is 0. The molecule has 0 atom stereocenters. The average molecular weight is 374 g/mol. The molecule has 0 saturated heterocycles. The zero-order valence-electron chi connectivity index (χ0n) is 12.0. The highest BCUT2D eigenvalue weighted by Crippen LogP contribution is 2.28. The van der Waals surface area contributed by atoms with Crippen molar-refractivity contribution in [1.82, 2.24) is 0 Å². The summed E-state index contributed by atoms with van der Waals surface area (Å²) < 4.78 is 72.0. The Morgan fingerprint density at radius 3 is 1.17 bits per heavy atom. The highest BCUT2D eigenvalue weighted by Gasteiger charge is 2.47. The lowest BCUT2D eigenvalue weighted by atomic mass is 10.4. The summed E-state index contributed by atoms with van der Waals surface area (Å²) in [5, 5.41) is 0. The van der Waals surface area contributed by atoms with Crippen molar-refractivity contribution in [2.24, 2.45) is 0 Å². The molecule has 2 aromatic carbocycles. The van der Waals surface area contributed by atoms with Gasteiger partial charge in [-0.15, -0.1) is 0 Å². The zero-order valence-corrected chi connectivity index (χ0v) is 14.5. The van der Waals surface area contributed by atoms with Crippen LogP contribution in [0.15, 0.2) is 70.5 Å². The molecule has 0 aliphatic rings. The van der Waals surface area contributed by atoms with E-state index < -0.39 is 33.4 Å². The van der Waals surface area contributed by atoms with Crippen LogP contribution in [0.5, 0.6) is 0 Å². The number of hydrogen-bond donors (Lipinski definition) is 0. The molecule has 0 aromatic heterocycles. The second kappa shape index (κ2) is 6.06. The van der Waals surface area contributed by atoms with Crippen LogP contribution in [0.25, 0.3) is 0 Å². The highest BCUT2D eigenvalue weighted by molar-refractivity contribution is 8.24. The topological polar surface area (TPSA) is 102 Å². The molecule has 6 nitrogen and oxygen atoms in total. The van der Waals surface area contributed by atoms with Crippen molar-refractivity contribution in [1.29, 1.82) is 0 Å². The van der Waals surface area contributed by atoms with Gasteiger partial charge in [-0.25, -0.2) is 25.3 Å². The third-order valence-corrected chi connectivity index (χ3v) is 11.7. The Hall–Kier alpha value is -1.71. The molecule has 23 heavy (non-hydrogen) atoms. The first-order valence-electron chi connectivity index (χ1n) is 6.34. The Bertz CT molecular complexity index is 923. The smallest absolute Gasteiger partial charge is 0.227 e. The van der Waals surface area contributed by atoms with Crippen molar-refractivity contribution in [3.8, 4) is 0 Å². The maximum Gasteiger partial charge on any atom is 0.271 e. The fourth-order valence-corrected chi connectivity index (χ4v) is 9.94. The lowest BCUT2D eigenvalue weighted by Gasteiger charge is -2.17. The molecule has 0 fully saturated rings. The second-order valence-corrected chi connectivity index (χ2v) is 11.9. The van der Waals surface area contributed by atoms with Crippen LogP contribution < -0.4 is 0 Å². The molecule has 0 heterocycles. The molecule has 0 spiro atoms. The van der Waals surface area contributed by atoms with Gasteiger partial charge in [0.25, 0.3) is 3.91 Å². The molecule has 0 aliphatic heterocycles. The molecule has 124 valence electrons. The molecule has 0 amide bonds. The first-order chi connectivity index (χ1) is 10.6. The van der Waals surface area contributed by atoms with E-state index in [0.29, 0.717) is 6.26 Å². The first-order valence-corrected chi connectivity index (χ1v) is 11.4. The fraction of sp³-hybridized carbons (Fsp3) is 0.143. The molecule has 2 aromatic rings. The molecule has 2 rings (SSSR count). The van der Waals surface area contributed by atoms with E-state index in [1.54, 1.807) is 12.1 Å². The van der Waals surface area contributed by atoms with Crippen LogP contribution in [-0.2, 0) is 29.5 Å². The van der Waals surface area contributed by atoms with Crippen LogP contribution in [0.4, 0.5) is 0 Å². The van der Waals surface area contributed by atoms with Gasteiger partial charge >= 0.3 is 0 Å². The fourth-order valence-electron chi connectivity index (χ4n) is 2.07. The summed E-state index contributed by atoms with van der Waals surface area (Å²) in [7, 11) is -13.7. The lowest BCUT2D eigenvalue weighted by molar-refractivity contribution is 0.575. The van der Waals surface area contributed by atoms with Crippen LogP contribution in [0.1, 0.15) is 0 Å². The molecular weight excluding hydrogens is 360 g/mol. The molecule has 0 radical (unpaired) electrons. The van der Waals surface area contributed by atoms with Gasteiger partial charge in [0.05, 0.1) is 9.79 Å². The number of rotatable bonds is 5. The van der Waals surface area contributed by atoms with Crippen molar-refractivity contribution in [2.75, 3.05) is 6.26 Å². The third-order valence-electron chi connectivity index (χ3n) is 3.00. The SMILES string of the molecule is CS(=O)(=O)C(S(=O)(=O)c1ccccc1)S(=O)(=O)c1ccccc1. The van der Waals surface area contributed by atoms with Gasteiger partial charge in [-0.05, 0) is 24.3 Å². The van der Waals surface area contributed by atoms with Gasteiger partial charge < -0.3 is 0 Å². The van der Waals surface area contributed by atoms with Crippen molar-refractivity contribution in [3.63, 3.8) is 0 Å². The monoisotopic (exact) mass is 374 g/mol. The Morgan fingerprint density at radius 1 is 0.609 bits per heavy atom. The number of benzene rings is 2. The molecular formula is C14H14O6S3. The zero-order chi connectivity index (χ0) is 17.3. The van der Waals surface area contributed by atoms with E-state index in [9.17, 15) is 25.3 Å². The molecule has 9 heteroatoms. The normalized spacial score (nSPS) is 13.1. The van der Waals surface area contributed by atoms with Crippen molar-refractivity contribution >= 4 is 29.5 Å². The van der Waals surface area contributed by atoms with E-state index in [1.165, 1.54) is 24.3 Å². The van der Waals surface area contributed by atoms with Crippen molar-refractivity contribution in [3.05, 3.63) is 60.7 Å². The lowest BCUT2D eigenvalue weighted by Crippen LogP contribution is -2.37. The average Bonchev–Trinajstić information content (AvgIpc) is 2.47. The minimum absolute atomic E-state index is 0.366. The molecule has 0 aliphatic carbocycles. The van der Waals surface area contributed by atoms with Gasteiger partial charge in [0.1, 0.15) is 0 Å². The van der Waals surface area contributed by atoms with Crippen molar-refractivity contribution in [2.45, 2.75) is 13.7 Å². The second-order valence-electron chi connectivity index (χ2n) is 4.83. The van der Waals surface area contributed by atoms with E-state index in [1.807, 2.05) is 0 Å². The predicted molar refractivity (Wildman–Crippen MR) is 85.9 cm³/mol. The van der Waals surface area contributed by atoms with Gasteiger partial charge in [0.15, 0.2) is 9.84 Å². The summed E-state index contributed by atoms with van der Waals surface area (Å²) >= 11 is 0. The summed E-state index contributed by atoms with van der Waals surface area (Å²) in [4.78, 5) is -0.732. The number of sulfone groups is 3. The quantitative estimate of drug-likeness (QED) is 0.781. The van der Waals surface area contributed by atoms with Crippen LogP contribution in [-0.4, -0.2) is 35.4 Å². The van der Waals surface area contributed by atoms with E-state index in [0.717, 1.165) is 24.3 Å². The highest BCUT2D eigenvalue weighted by atomic mass is 32.3. The summed E-state index contributed by atoms with van der Waals surface area (Å²) in [6.07, 6.45) is 0.596. The van der Waals surface area contributed by atoms with E-state index in [4.69, 9.17) is 0 Å². The molecule has 0 N–H and O–H groups in total. The molecule has 0 saturated carbocycles. The molecule has 0 bridgehead atoms. The van der Waals surface area contributed by atoms with E-state index in [2.05, 4.69) is 0 Å². The maximum atomic E-state index is 12.6. The molecule has 0 unspecified atom stereocenters.